The second kappa shape index (κ2) is 8.36. The molecule has 2 saturated heterocycles. The smallest absolute Gasteiger partial charge is 0.227 e. The second-order valence-corrected chi connectivity index (χ2v) is 5.07. The topological polar surface area (TPSA) is 61.4 Å². The fourth-order valence-corrected chi connectivity index (χ4v) is 2.73. The molecule has 0 radical (unpaired) electrons. The zero-order valence-electron chi connectivity index (χ0n) is 11.8. The van der Waals surface area contributed by atoms with Gasteiger partial charge in [0, 0.05) is 45.1 Å². The van der Waals surface area contributed by atoms with Crippen LogP contribution in [0.25, 0.3) is 0 Å². The molecule has 1 amide bonds. The van der Waals surface area contributed by atoms with Gasteiger partial charge in [-0.25, -0.2) is 4.98 Å². The zero-order valence-corrected chi connectivity index (χ0v) is 13.4. The van der Waals surface area contributed by atoms with Gasteiger partial charge in [-0.2, -0.15) is 0 Å². The van der Waals surface area contributed by atoms with Crippen molar-refractivity contribution in [2.75, 3.05) is 44.2 Å². The van der Waals surface area contributed by atoms with Gasteiger partial charge in [0.05, 0.1) is 12.1 Å². The van der Waals surface area contributed by atoms with Crippen LogP contribution in [0, 0.1) is 5.92 Å². The molecule has 2 aliphatic heterocycles. The first-order chi connectivity index (χ1) is 9.34. The number of nitrogens with one attached hydrogen (secondary N) is 1. The Morgan fingerprint density at radius 1 is 1.19 bits per heavy atom. The Morgan fingerprint density at radius 2 is 1.95 bits per heavy atom. The number of piperazine rings is 1. The van der Waals surface area contributed by atoms with Crippen molar-refractivity contribution in [3.63, 3.8) is 0 Å². The van der Waals surface area contributed by atoms with E-state index in [1.807, 2.05) is 4.90 Å². The van der Waals surface area contributed by atoms with Crippen molar-refractivity contribution in [3.8, 4) is 0 Å². The van der Waals surface area contributed by atoms with E-state index in [1.54, 1.807) is 18.6 Å². The second-order valence-electron chi connectivity index (χ2n) is 5.07. The first kappa shape index (κ1) is 17.9. The molecular formula is C13H21Cl2N5O. The van der Waals surface area contributed by atoms with E-state index < -0.39 is 0 Å². The average molecular weight is 334 g/mol. The molecule has 1 atom stereocenters. The molecule has 6 nitrogen and oxygen atoms in total. The minimum absolute atomic E-state index is 0. The van der Waals surface area contributed by atoms with E-state index in [1.165, 1.54) is 0 Å². The van der Waals surface area contributed by atoms with Crippen LogP contribution in [0.5, 0.6) is 0 Å². The maximum absolute atomic E-state index is 12.3. The molecule has 2 aliphatic rings. The van der Waals surface area contributed by atoms with Crippen molar-refractivity contribution in [2.24, 2.45) is 5.92 Å². The van der Waals surface area contributed by atoms with E-state index in [2.05, 4.69) is 20.2 Å². The number of hydrogen-bond donors (Lipinski definition) is 1. The normalized spacial score (nSPS) is 21.4. The summed E-state index contributed by atoms with van der Waals surface area (Å²) in [6, 6.07) is 0. The number of halogens is 2. The molecule has 0 spiro atoms. The van der Waals surface area contributed by atoms with Crippen molar-refractivity contribution >= 4 is 36.5 Å². The Morgan fingerprint density at radius 3 is 2.52 bits per heavy atom. The van der Waals surface area contributed by atoms with Crippen molar-refractivity contribution in [3.05, 3.63) is 18.6 Å². The Balaban J connectivity index is 0.00000110. The van der Waals surface area contributed by atoms with Crippen molar-refractivity contribution < 1.29 is 4.79 Å². The Kier molecular flexibility index (Phi) is 7.14. The van der Waals surface area contributed by atoms with Crippen LogP contribution in [0.3, 0.4) is 0 Å². The van der Waals surface area contributed by atoms with Crippen LogP contribution >= 0.6 is 24.8 Å². The molecule has 0 saturated carbocycles. The van der Waals surface area contributed by atoms with E-state index in [9.17, 15) is 4.79 Å². The summed E-state index contributed by atoms with van der Waals surface area (Å²) in [6.45, 7) is 5.05. The highest BCUT2D eigenvalue weighted by Gasteiger charge is 2.29. The number of nitrogens with zero attached hydrogens (tertiary/aromatic N) is 4. The standard InChI is InChI=1S/C13H19N5O.2ClH/c19-13(11-1-2-14-9-11)18-7-5-17(6-8-18)12-10-15-3-4-16-12;;/h3-4,10-11,14H,1-2,5-9H2;2*1H. The number of carbonyl (C=O) groups is 1. The van der Waals surface area contributed by atoms with Gasteiger partial charge in [-0.05, 0) is 13.0 Å². The fourth-order valence-electron chi connectivity index (χ4n) is 2.73. The predicted molar refractivity (Wildman–Crippen MR) is 86.3 cm³/mol. The molecule has 0 aromatic carbocycles. The number of hydrogen-bond acceptors (Lipinski definition) is 5. The van der Waals surface area contributed by atoms with Gasteiger partial charge in [-0.1, -0.05) is 0 Å². The highest BCUT2D eigenvalue weighted by molar-refractivity contribution is 5.85. The van der Waals surface area contributed by atoms with Crippen molar-refractivity contribution in [1.29, 1.82) is 0 Å². The molecule has 0 aliphatic carbocycles. The summed E-state index contributed by atoms with van der Waals surface area (Å²) in [4.78, 5) is 24.8. The van der Waals surface area contributed by atoms with Crippen LogP contribution < -0.4 is 10.2 Å². The van der Waals surface area contributed by atoms with E-state index >= 15 is 0 Å². The Hall–Kier alpha value is -1.11. The van der Waals surface area contributed by atoms with Gasteiger partial charge in [0.1, 0.15) is 5.82 Å². The summed E-state index contributed by atoms with van der Waals surface area (Å²) in [6.07, 6.45) is 6.13. The van der Waals surface area contributed by atoms with Crippen molar-refractivity contribution in [1.82, 2.24) is 20.2 Å². The summed E-state index contributed by atoms with van der Waals surface area (Å²) < 4.78 is 0. The van der Waals surface area contributed by atoms with Crippen LogP contribution in [0.2, 0.25) is 0 Å². The highest BCUT2D eigenvalue weighted by atomic mass is 35.5. The molecule has 1 aromatic rings. The lowest BCUT2D eigenvalue weighted by atomic mass is 10.1. The summed E-state index contributed by atoms with van der Waals surface area (Å²) in [5.41, 5.74) is 0. The van der Waals surface area contributed by atoms with E-state index in [4.69, 9.17) is 0 Å². The lowest BCUT2D eigenvalue weighted by Gasteiger charge is -2.36. The molecular weight excluding hydrogens is 313 g/mol. The maximum Gasteiger partial charge on any atom is 0.227 e. The highest BCUT2D eigenvalue weighted by Crippen LogP contribution is 2.16. The number of rotatable bonds is 2. The van der Waals surface area contributed by atoms with Crippen LogP contribution in [0.1, 0.15) is 6.42 Å². The predicted octanol–water partition coefficient (Wildman–Crippen LogP) is 0.578. The molecule has 3 rings (SSSR count). The van der Waals surface area contributed by atoms with Gasteiger partial charge in [-0.3, -0.25) is 9.78 Å². The minimum atomic E-state index is 0. The third kappa shape index (κ3) is 4.18. The lowest BCUT2D eigenvalue weighted by molar-refractivity contribution is -0.135. The molecule has 8 heteroatoms. The monoisotopic (exact) mass is 333 g/mol. The SMILES string of the molecule is Cl.Cl.O=C(C1CCNC1)N1CCN(c2cnccn2)CC1. The van der Waals surface area contributed by atoms with Crippen LogP contribution in [0.4, 0.5) is 5.82 Å². The largest absolute Gasteiger partial charge is 0.352 e. The average Bonchev–Trinajstić information content (AvgIpc) is 3.02. The van der Waals surface area contributed by atoms with Crippen LogP contribution in [-0.4, -0.2) is 60.0 Å². The molecule has 1 aromatic heterocycles. The van der Waals surface area contributed by atoms with Gasteiger partial charge >= 0.3 is 0 Å². The molecule has 21 heavy (non-hydrogen) atoms. The van der Waals surface area contributed by atoms with Gasteiger partial charge < -0.3 is 15.1 Å². The van der Waals surface area contributed by atoms with Crippen molar-refractivity contribution in [2.45, 2.75) is 6.42 Å². The third-order valence-corrected chi connectivity index (χ3v) is 3.87. The number of anilines is 1. The fraction of sp³-hybridized carbons (Fsp3) is 0.615. The maximum atomic E-state index is 12.3. The number of amides is 1. The molecule has 0 bridgehead atoms. The van der Waals surface area contributed by atoms with Gasteiger partial charge in [0.15, 0.2) is 0 Å². The summed E-state index contributed by atoms with van der Waals surface area (Å²) in [5, 5.41) is 3.25. The number of aromatic nitrogens is 2. The van der Waals surface area contributed by atoms with Crippen LogP contribution in [-0.2, 0) is 4.79 Å². The molecule has 1 N–H and O–H groups in total. The molecule has 118 valence electrons. The summed E-state index contributed by atoms with van der Waals surface area (Å²) in [5.74, 6) is 1.39. The molecule has 2 fully saturated rings. The summed E-state index contributed by atoms with van der Waals surface area (Å²) >= 11 is 0. The summed E-state index contributed by atoms with van der Waals surface area (Å²) in [7, 11) is 0. The van der Waals surface area contributed by atoms with Gasteiger partial charge in [0.2, 0.25) is 5.91 Å². The third-order valence-electron chi connectivity index (χ3n) is 3.87. The van der Waals surface area contributed by atoms with E-state index in [-0.39, 0.29) is 30.7 Å². The van der Waals surface area contributed by atoms with Gasteiger partial charge in [-0.15, -0.1) is 24.8 Å². The molecule has 3 heterocycles. The first-order valence-corrected chi connectivity index (χ1v) is 6.85. The van der Waals surface area contributed by atoms with E-state index in [0.717, 1.165) is 51.5 Å². The quantitative estimate of drug-likeness (QED) is 0.857. The van der Waals surface area contributed by atoms with E-state index in [0.29, 0.717) is 5.91 Å². The zero-order chi connectivity index (χ0) is 13.1. The first-order valence-electron chi connectivity index (χ1n) is 6.85. The van der Waals surface area contributed by atoms with Gasteiger partial charge in [0.25, 0.3) is 0 Å². The Bertz CT molecular complexity index is 433. The lowest BCUT2D eigenvalue weighted by Crippen LogP contribution is -2.50. The molecule has 1 unspecified atom stereocenters. The Labute approximate surface area is 137 Å². The number of carbonyl (C=O) groups excluding carboxylic acids is 1. The minimum Gasteiger partial charge on any atom is -0.352 e. The van der Waals surface area contributed by atoms with Crippen LogP contribution in [0.15, 0.2) is 18.6 Å².